The van der Waals surface area contributed by atoms with E-state index in [0.717, 1.165) is 40.2 Å². The van der Waals surface area contributed by atoms with E-state index in [4.69, 9.17) is 9.97 Å². The molecule has 0 amide bonds. The van der Waals surface area contributed by atoms with Crippen molar-refractivity contribution in [1.29, 1.82) is 0 Å². The maximum absolute atomic E-state index is 5.98. The number of aromatic nitrogens is 3. The maximum Gasteiger partial charge on any atom is 0.0898 e. The smallest absolute Gasteiger partial charge is 0.0898 e. The van der Waals surface area contributed by atoms with Crippen LogP contribution in [-0.2, 0) is 16.2 Å². The first-order chi connectivity index (χ1) is 39.1. The lowest BCUT2D eigenvalue weighted by molar-refractivity contribution is -0.00508. The fraction of sp³-hybridized carbons (Fsp3) is 0.158. The van der Waals surface area contributed by atoms with E-state index < -0.39 is 10.8 Å². The predicted octanol–water partition coefficient (Wildman–Crippen LogP) is 18.1. The van der Waals surface area contributed by atoms with Crippen LogP contribution in [0.4, 0.5) is 0 Å². The minimum absolute atomic E-state index is 0.137. The monoisotopic (exact) mass is 1010 g/mol. The van der Waals surface area contributed by atoms with Gasteiger partial charge in [0.15, 0.2) is 0 Å². The van der Waals surface area contributed by atoms with Crippen molar-refractivity contribution in [3.8, 4) is 66.8 Å². The van der Waals surface area contributed by atoms with Crippen molar-refractivity contribution in [3.63, 3.8) is 0 Å². The van der Waals surface area contributed by atoms with Crippen LogP contribution in [-0.4, -0.2) is 14.4 Å². The highest BCUT2D eigenvalue weighted by Crippen LogP contribution is 2.69. The molecule has 0 aliphatic heterocycles. The van der Waals surface area contributed by atoms with Gasteiger partial charge in [0.1, 0.15) is 0 Å². The first kappa shape index (κ1) is 42.1. The SMILES string of the molecule is c1ccc(-c2cccc3c2-c2c(ncc4c2c2cc(C56CC7CC(CC(C7)C5)C6)cc5c6c7c(ncc6n4c25)C2(c4ccccc4-c4ccccc42)c2cccc(-c4ccccc4)c2-7)C32c3ccccc3-c3ccccc32)cc1. The van der Waals surface area contributed by atoms with Crippen LogP contribution in [0.5, 0.6) is 0 Å². The van der Waals surface area contributed by atoms with Crippen LogP contribution in [0.25, 0.3) is 105 Å². The van der Waals surface area contributed by atoms with Gasteiger partial charge < -0.3 is 4.40 Å². The van der Waals surface area contributed by atoms with E-state index >= 15 is 0 Å². The van der Waals surface area contributed by atoms with E-state index in [1.165, 1.54) is 166 Å². The highest BCUT2D eigenvalue weighted by atomic mass is 15.0. The van der Waals surface area contributed by atoms with E-state index in [0.29, 0.717) is 0 Å². The van der Waals surface area contributed by atoms with Crippen molar-refractivity contribution in [2.75, 3.05) is 0 Å². The van der Waals surface area contributed by atoms with Gasteiger partial charge in [0.05, 0.1) is 51.2 Å². The third-order valence-corrected chi connectivity index (χ3v) is 21.3. The van der Waals surface area contributed by atoms with Crippen LogP contribution >= 0.6 is 0 Å². The highest BCUT2D eigenvalue weighted by Gasteiger charge is 2.57. The Labute approximate surface area is 458 Å². The average molecular weight is 1010 g/mol. The Morgan fingerprint density at radius 2 is 0.709 bits per heavy atom. The third kappa shape index (κ3) is 4.82. The molecule has 3 nitrogen and oxygen atoms in total. The number of rotatable bonds is 3. The standard InChI is InChI=1S/C76H51N3/c1-3-17-46(18-4-1)49-25-15-31-61-65(49)69-67-55-36-48(74-38-43-33-44(39-74)35-45(34-43)40-74)37-56-68-64(79(71(55)56)63(67)41-77-72(69)75(61)57-27-11-7-21-51(57)52-22-8-12-28-58(52)75)42-78-73-70(68)66-50(47-19-5-2-6-20-47)26-16-32-62(66)76(73)59-29-13-9-23-53(59)54-24-10-14-30-60(54)76/h1-32,36-37,41-45H,33-35,38-40H2. The first-order valence-electron chi connectivity index (χ1n) is 29.0. The molecule has 79 heavy (non-hydrogen) atoms. The molecule has 2 spiro atoms. The summed E-state index contributed by atoms with van der Waals surface area (Å²) in [5.41, 5.74) is 29.7. The fourth-order valence-electron chi connectivity index (χ4n) is 19.1. The molecule has 8 aliphatic carbocycles. The van der Waals surface area contributed by atoms with Crippen molar-refractivity contribution >= 4 is 38.1 Å². The Morgan fingerprint density at radius 1 is 0.354 bits per heavy atom. The zero-order valence-corrected chi connectivity index (χ0v) is 43.6. The van der Waals surface area contributed by atoms with Gasteiger partial charge in [-0.2, -0.15) is 0 Å². The molecule has 4 bridgehead atoms. The van der Waals surface area contributed by atoms with Crippen LogP contribution in [0, 0.1) is 17.8 Å². The molecule has 0 unspecified atom stereocenters. The zero-order chi connectivity index (χ0) is 51.1. The summed E-state index contributed by atoms with van der Waals surface area (Å²) < 4.78 is 2.62. The van der Waals surface area contributed by atoms with Gasteiger partial charge in [-0.05, 0) is 168 Å². The Morgan fingerprint density at radius 3 is 1.11 bits per heavy atom. The Bertz CT molecular complexity index is 4480. The summed E-state index contributed by atoms with van der Waals surface area (Å²) in [5.74, 6) is 2.41. The summed E-state index contributed by atoms with van der Waals surface area (Å²) in [6.07, 6.45) is 12.6. The van der Waals surface area contributed by atoms with Crippen molar-refractivity contribution in [2.24, 2.45) is 17.8 Å². The number of fused-ring (bicyclic) bond motifs is 28. The molecule has 4 heterocycles. The van der Waals surface area contributed by atoms with Gasteiger partial charge in [-0.25, -0.2) is 0 Å². The van der Waals surface area contributed by atoms with Crippen LogP contribution in [0.1, 0.15) is 88.9 Å². The number of hydrogen-bond donors (Lipinski definition) is 0. The van der Waals surface area contributed by atoms with Crippen LogP contribution in [0.2, 0.25) is 0 Å². The van der Waals surface area contributed by atoms with E-state index in [2.05, 4.69) is 223 Å². The third-order valence-electron chi connectivity index (χ3n) is 21.3. The van der Waals surface area contributed by atoms with E-state index in [1.807, 2.05) is 0 Å². The lowest BCUT2D eigenvalue weighted by Crippen LogP contribution is -2.48. The molecule has 8 aliphatic rings. The average Bonchev–Trinajstić information content (AvgIpc) is 3.32. The van der Waals surface area contributed by atoms with Crippen molar-refractivity contribution in [2.45, 2.75) is 54.8 Å². The summed E-state index contributed by atoms with van der Waals surface area (Å²) >= 11 is 0. The van der Waals surface area contributed by atoms with Gasteiger partial charge in [0.25, 0.3) is 0 Å². The summed E-state index contributed by atoms with van der Waals surface area (Å²) in [7, 11) is 0. The summed E-state index contributed by atoms with van der Waals surface area (Å²) in [6.45, 7) is 0. The number of benzene rings is 9. The number of pyridine rings is 2. The van der Waals surface area contributed by atoms with E-state index in [-0.39, 0.29) is 5.41 Å². The molecule has 4 saturated carbocycles. The Hall–Kier alpha value is -8.92. The molecule has 0 radical (unpaired) electrons. The summed E-state index contributed by atoms with van der Waals surface area (Å²) in [6, 6.07) is 78.8. The predicted molar refractivity (Wildman–Crippen MR) is 320 cm³/mol. The molecule has 4 aromatic heterocycles. The van der Waals surface area contributed by atoms with Crippen molar-refractivity contribution in [1.82, 2.24) is 14.4 Å². The lowest BCUT2D eigenvalue weighted by atomic mass is 9.48. The largest absolute Gasteiger partial charge is 0.305 e. The van der Waals surface area contributed by atoms with Crippen molar-refractivity contribution < 1.29 is 0 Å². The summed E-state index contributed by atoms with van der Waals surface area (Å²) in [4.78, 5) is 12.0. The molecule has 13 aromatic rings. The quantitative estimate of drug-likeness (QED) is 0.177. The van der Waals surface area contributed by atoms with Gasteiger partial charge >= 0.3 is 0 Å². The topological polar surface area (TPSA) is 30.2 Å². The van der Waals surface area contributed by atoms with Gasteiger partial charge in [-0.15, -0.1) is 0 Å². The lowest BCUT2D eigenvalue weighted by Gasteiger charge is -2.57. The second-order valence-electron chi connectivity index (χ2n) is 24.8. The van der Waals surface area contributed by atoms with Crippen LogP contribution in [0.3, 0.4) is 0 Å². The second kappa shape index (κ2) is 14.4. The number of hydrogen-bond acceptors (Lipinski definition) is 2. The molecule has 0 atom stereocenters. The Balaban J connectivity index is 0.985. The summed E-state index contributed by atoms with van der Waals surface area (Å²) in [5, 5.41) is 5.35. The molecule has 370 valence electrons. The first-order valence-corrected chi connectivity index (χ1v) is 29.0. The minimum atomic E-state index is -0.601. The van der Waals surface area contributed by atoms with E-state index in [1.54, 1.807) is 5.56 Å². The molecule has 21 rings (SSSR count). The highest BCUT2D eigenvalue weighted by molar-refractivity contribution is 6.30. The molecule has 0 N–H and O–H groups in total. The molecule has 3 heteroatoms. The van der Waals surface area contributed by atoms with Crippen LogP contribution < -0.4 is 0 Å². The molecule has 0 saturated heterocycles. The zero-order valence-electron chi connectivity index (χ0n) is 43.6. The molecular weight excluding hydrogens is 955 g/mol. The van der Waals surface area contributed by atoms with Gasteiger partial charge in [-0.1, -0.05) is 194 Å². The van der Waals surface area contributed by atoms with Gasteiger partial charge in [0, 0.05) is 32.7 Å². The molecule has 9 aromatic carbocycles. The molecular formula is C76H51N3. The maximum atomic E-state index is 5.98. The normalized spacial score (nSPS) is 21.2. The van der Waals surface area contributed by atoms with Crippen LogP contribution in [0.15, 0.2) is 219 Å². The fourth-order valence-corrected chi connectivity index (χ4v) is 19.1. The minimum Gasteiger partial charge on any atom is -0.305 e. The Kier molecular flexibility index (Phi) is 7.69. The second-order valence-corrected chi connectivity index (χ2v) is 24.8. The molecule has 4 fully saturated rings. The number of nitrogens with zero attached hydrogens (tertiary/aromatic N) is 3. The van der Waals surface area contributed by atoms with E-state index in [9.17, 15) is 0 Å². The van der Waals surface area contributed by atoms with Gasteiger partial charge in [0.2, 0.25) is 0 Å². The van der Waals surface area contributed by atoms with Gasteiger partial charge in [-0.3, -0.25) is 9.97 Å². The van der Waals surface area contributed by atoms with Crippen molar-refractivity contribution in [3.05, 3.63) is 269 Å².